The van der Waals surface area contributed by atoms with E-state index in [1.165, 1.54) is 0 Å². The predicted octanol–water partition coefficient (Wildman–Crippen LogP) is 2.46. The highest BCUT2D eigenvalue weighted by Gasteiger charge is 2.17. The standard InChI is InChI=1S/C16H18N4O3/c1-17-14-5-6-18-16-11(9-19-20(14)16)10-7-12(21-2)15(23-4)13(8-10)22-3/h5-9,17H,1-4H3. The van der Waals surface area contributed by atoms with Crippen molar-refractivity contribution in [3.63, 3.8) is 0 Å². The predicted molar refractivity (Wildman–Crippen MR) is 87.6 cm³/mol. The van der Waals surface area contributed by atoms with Gasteiger partial charge in [0.15, 0.2) is 17.1 Å². The molecule has 3 aromatic rings. The van der Waals surface area contributed by atoms with Gasteiger partial charge in [-0.3, -0.25) is 0 Å². The molecule has 0 saturated carbocycles. The molecule has 0 unspecified atom stereocenters. The normalized spacial score (nSPS) is 10.6. The van der Waals surface area contributed by atoms with E-state index in [4.69, 9.17) is 14.2 Å². The number of fused-ring (bicyclic) bond motifs is 1. The molecule has 0 aliphatic rings. The summed E-state index contributed by atoms with van der Waals surface area (Å²) in [5.41, 5.74) is 2.50. The molecule has 0 aliphatic carbocycles. The molecule has 0 saturated heterocycles. The topological polar surface area (TPSA) is 69.9 Å². The molecule has 0 spiro atoms. The van der Waals surface area contributed by atoms with Crippen molar-refractivity contribution in [2.45, 2.75) is 0 Å². The molecule has 0 fully saturated rings. The zero-order valence-corrected chi connectivity index (χ0v) is 13.5. The molecule has 23 heavy (non-hydrogen) atoms. The Hall–Kier alpha value is -2.96. The van der Waals surface area contributed by atoms with Crippen LogP contribution in [0.15, 0.2) is 30.6 Å². The fraction of sp³-hybridized carbons (Fsp3) is 0.250. The maximum absolute atomic E-state index is 5.41. The minimum atomic E-state index is 0.555. The van der Waals surface area contributed by atoms with Crippen molar-refractivity contribution in [3.8, 4) is 28.4 Å². The van der Waals surface area contributed by atoms with Crippen molar-refractivity contribution in [2.75, 3.05) is 33.7 Å². The van der Waals surface area contributed by atoms with Gasteiger partial charge in [-0.05, 0) is 23.8 Å². The maximum atomic E-state index is 5.41. The van der Waals surface area contributed by atoms with E-state index in [-0.39, 0.29) is 0 Å². The van der Waals surface area contributed by atoms with Gasteiger partial charge in [-0.15, -0.1) is 0 Å². The van der Waals surface area contributed by atoms with Crippen LogP contribution < -0.4 is 19.5 Å². The summed E-state index contributed by atoms with van der Waals surface area (Å²) in [6.45, 7) is 0. The van der Waals surface area contributed by atoms with E-state index in [2.05, 4.69) is 15.4 Å². The van der Waals surface area contributed by atoms with E-state index in [0.717, 1.165) is 22.6 Å². The highest BCUT2D eigenvalue weighted by atomic mass is 16.5. The Kier molecular flexibility index (Phi) is 3.92. The first-order valence-electron chi connectivity index (χ1n) is 7.04. The van der Waals surface area contributed by atoms with Gasteiger partial charge in [0, 0.05) is 18.8 Å². The van der Waals surface area contributed by atoms with Gasteiger partial charge < -0.3 is 19.5 Å². The highest BCUT2D eigenvalue weighted by Crippen LogP contribution is 2.41. The van der Waals surface area contributed by atoms with E-state index in [1.54, 1.807) is 38.2 Å². The first kappa shape index (κ1) is 15.0. The quantitative estimate of drug-likeness (QED) is 0.780. The average molecular weight is 314 g/mol. The van der Waals surface area contributed by atoms with Crippen molar-refractivity contribution in [1.29, 1.82) is 0 Å². The molecule has 0 bridgehead atoms. The lowest BCUT2D eigenvalue weighted by Gasteiger charge is -2.13. The number of nitrogens with one attached hydrogen (secondary N) is 1. The van der Waals surface area contributed by atoms with Crippen LogP contribution >= 0.6 is 0 Å². The van der Waals surface area contributed by atoms with Crippen molar-refractivity contribution < 1.29 is 14.2 Å². The lowest BCUT2D eigenvalue weighted by atomic mass is 10.1. The molecule has 0 aliphatic heterocycles. The van der Waals surface area contributed by atoms with E-state index in [1.807, 2.05) is 25.2 Å². The summed E-state index contributed by atoms with van der Waals surface area (Å²) in [6, 6.07) is 5.62. The Morgan fingerprint density at radius 3 is 2.30 bits per heavy atom. The number of nitrogens with zero attached hydrogens (tertiary/aromatic N) is 3. The fourth-order valence-electron chi connectivity index (χ4n) is 2.52. The van der Waals surface area contributed by atoms with Crippen LogP contribution in [0.2, 0.25) is 0 Å². The Morgan fingerprint density at radius 2 is 1.74 bits per heavy atom. The maximum Gasteiger partial charge on any atom is 0.203 e. The summed E-state index contributed by atoms with van der Waals surface area (Å²) in [5, 5.41) is 7.49. The summed E-state index contributed by atoms with van der Waals surface area (Å²) in [6.07, 6.45) is 3.51. The van der Waals surface area contributed by atoms with Crippen LogP contribution in [0.3, 0.4) is 0 Å². The largest absolute Gasteiger partial charge is 0.493 e. The third-order valence-corrected chi connectivity index (χ3v) is 3.63. The fourth-order valence-corrected chi connectivity index (χ4v) is 2.52. The van der Waals surface area contributed by atoms with Crippen molar-refractivity contribution >= 4 is 11.5 Å². The number of hydrogen-bond acceptors (Lipinski definition) is 6. The number of methoxy groups -OCH3 is 3. The second-order valence-corrected chi connectivity index (χ2v) is 4.79. The van der Waals surface area contributed by atoms with Crippen LogP contribution in [0.25, 0.3) is 16.8 Å². The molecule has 3 rings (SSSR count). The molecule has 0 radical (unpaired) electrons. The molecule has 120 valence electrons. The molecule has 7 nitrogen and oxygen atoms in total. The molecule has 7 heteroatoms. The van der Waals surface area contributed by atoms with Crippen LogP contribution in [-0.2, 0) is 0 Å². The van der Waals surface area contributed by atoms with Crippen LogP contribution in [0.4, 0.5) is 5.82 Å². The summed E-state index contributed by atoms with van der Waals surface area (Å²) < 4.78 is 17.9. The third kappa shape index (κ3) is 2.40. The summed E-state index contributed by atoms with van der Waals surface area (Å²) in [5.74, 6) is 2.59. The molecule has 2 heterocycles. The number of rotatable bonds is 5. The van der Waals surface area contributed by atoms with Gasteiger partial charge in [-0.1, -0.05) is 0 Å². The minimum absolute atomic E-state index is 0.555. The Morgan fingerprint density at radius 1 is 1.04 bits per heavy atom. The molecule has 1 aromatic carbocycles. The first-order valence-corrected chi connectivity index (χ1v) is 7.04. The van der Waals surface area contributed by atoms with Gasteiger partial charge in [0.1, 0.15) is 5.82 Å². The average Bonchev–Trinajstić information content (AvgIpc) is 3.04. The van der Waals surface area contributed by atoms with E-state index in [9.17, 15) is 0 Å². The second-order valence-electron chi connectivity index (χ2n) is 4.79. The SMILES string of the molecule is CNc1ccnc2c(-c3cc(OC)c(OC)c(OC)c3)cnn12. The third-order valence-electron chi connectivity index (χ3n) is 3.63. The number of hydrogen-bond donors (Lipinski definition) is 1. The summed E-state index contributed by atoms with van der Waals surface area (Å²) >= 11 is 0. The highest BCUT2D eigenvalue weighted by molar-refractivity contribution is 5.81. The molecule has 0 atom stereocenters. The molecular formula is C16H18N4O3. The van der Waals surface area contributed by atoms with Crippen LogP contribution in [-0.4, -0.2) is 43.0 Å². The van der Waals surface area contributed by atoms with Gasteiger partial charge in [-0.25, -0.2) is 4.98 Å². The number of aromatic nitrogens is 3. The van der Waals surface area contributed by atoms with Gasteiger partial charge in [0.25, 0.3) is 0 Å². The van der Waals surface area contributed by atoms with Gasteiger partial charge >= 0.3 is 0 Å². The van der Waals surface area contributed by atoms with E-state index >= 15 is 0 Å². The first-order chi connectivity index (χ1) is 11.2. The molecule has 2 aromatic heterocycles. The molecular weight excluding hydrogens is 296 g/mol. The zero-order chi connectivity index (χ0) is 16.4. The Labute approximate surface area is 133 Å². The molecule has 1 N–H and O–H groups in total. The van der Waals surface area contributed by atoms with Gasteiger partial charge in [0.05, 0.1) is 27.5 Å². The number of benzene rings is 1. The van der Waals surface area contributed by atoms with Crippen molar-refractivity contribution in [1.82, 2.24) is 14.6 Å². The summed E-state index contributed by atoms with van der Waals surface area (Å²) in [4.78, 5) is 4.43. The van der Waals surface area contributed by atoms with Gasteiger partial charge in [-0.2, -0.15) is 9.61 Å². The minimum Gasteiger partial charge on any atom is -0.493 e. The Balaban J connectivity index is 2.23. The summed E-state index contributed by atoms with van der Waals surface area (Å²) in [7, 11) is 6.61. The van der Waals surface area contributed by atoms with Crippen molar-refractivity contribution in [2.24, 2.45) is 0 Å². The second kappa shape index (κ2) is 6.04. The monoisotopic (exact) mass is 314 g/mol. The number of anilines is 1. The van der Waals surface area contributed by atoms with Gasteiger partial charge in [0.2, 0.25) is 5.75 Å². The lowest BCUT2D eigenvalue weighted by molar-refractivity contribution is 0.324. The lowest BCUT2D eigenvalue weighted by Crippen LogP contribution is -2.00. The Bertz CT molecular complexity index is 819. The van der Waals surface area contributed by atoms with E-state index < -0.39 is 0 Å². The molecule has 0 amide bonds. The number of ether oxygens (including phenoxy) is 3. The van der Waals surface area contributed by atoms with Crippen LogP contribution in [0, 0.1) is 0 Å². The zero-order valence-electron chi connectivity index (χ0n) is 13.5. The van der Waals surface area contributed by atoms with Crippen molar-refractivity contribution in [3.05, 3.63) is 30.6 Å². The van der Waals surface area contributed by atoms with Crippen LogP contribution in [0.5, 0.6) is 17.2 Å². The van der Waals surface area contributed by atoms with Crippen LogP contribution in [0.1, 0.15) is 0 Å². The van der Waals surface area contributed by atoms with E-state index in [0.29, 0.717) is 17.2 Å². The smallest absolute Gasteiger partial charge is 0.203 e.